The monoisotopic (exact) mass is 342 g/mol. The maximum atomic E-state index is 12.1. The molecule has 24 heavy (non-hydrogen) atoms. The Bertz CT molecular complexity index is 524. The second-order valence-electron chi connectivity index (χ2n) is 5.94. The van der Waals surface area contributed by atoms with E-state index in [4.69, 9.17) is 10.2 Å². The van der Waals surface area contributed by atoms with Crippen LogP contribution in [0.3, 0.4) is 0 Å². The van der Waals surface area contributed by atoms with Crippen LogP contribution < -0.4 is 10.6 Å². The van der Waals surface area contributed by atoms with E-state index in [1.165, 1.54) is 0 Å². The maximum absolute atomic E-state index is 12.1. The normalized spacial score (nSPS) is 24.1. The van der Waals surface area contributed by atoms with E-state index in [1.807, 2.05) is 0 Å². The Labute approximate surface area is 138 Å². The van der Waals surface area contributed by atoms with Gasteiger partial charge in [0, 0.05) is 25.3 Å². The van der Waals surface area contributed by atoms with Crippen molar-refractivity contribution in [2.24, 2.45) is 11.8 Å². The summed E-state index contributed by atoms with van der Waals surface area (Å²) in [7, 11) is 0. The zero-order valence-corrected chi connectivity index (χ0v) is 13.3. The number of carbonyl (C=O) groups excluding carboxylic acids is 1. The van der Waals surface area contributed by atoms with Crippen molar-refractivity contribution < 1.29 is 34.5 Å². The number of amides is 1. The lowest BCUT2D eigenvalue weighted by Gasteiger charge is -2.22. The Kier molecular flexibility index (Phi) is 6.90. The summed E-state index contributed by atoms with van der Waals surface area (Å²) in [6, 6.07) is -2.24. The smallest absolute Gasteiger partial charge is 0.326 e. The van der Waals surface area contributed by atoms with E-state index in [-0.39, 0.29) is 18.8 Å². The largest absolute Gasteiger partial charge is 0.481 e. The van der Waals surface area contributed by atoms with E-state index >= 15 is 0 Å². The molecule has 0 bridgehead atoms. The fourth-order valence-electron chi connectivity index (χ4n) is 2.85. The van der Waals surface area contributed by atoms with Crippen LogP contribution in [0, 0.1) is 11.8 Å². The highest BCUT2D eigenvalue weighted by atomic mass is 16.4. The third kappa shape index (κ3) is 5.34. The first-order valence-electron chi connectivity index (χ1n) is 7.49. The second kappa shape index (κ2) is 8.44. The fourth-order valence-corrected chi connectivity index (χ4v) is 2.85. The number of nitrogens with one attached hydrogen (secondary N) is 2. The molecule has 0 aromatic carbocycles. The van der Waals surface area contributed by atoms with E-state index < -0.39 is 48.2 Å². The Morgan fingerprint density at radius 2 is 1.88 bits per heavy atom. The van der Waals surface area contributed by atoms with Crippen molar-refractivity contribution >= 4 is 23.8 Å². The number of carboxylic acids is 3. The van der Waals surface area contributed by atoms with E-state index in [0.717, 1.165) is 5.57 Å². The minimum Gasteiger partial charge on any atom is -0.481 e. The van der Waals surface area contributed by atoms with Crippen molar-refractivity contribution in [2.75, 3.05) is 6.54 Å². The van der Waals surface area contributed by atoms with Crippen molar-refractivity contribution in [1.29, 1.82) is 0 Å². The third-order valence-electron chi connectivity index (χ3n) is 4.10. The van der Waals surface area contributed by atoms with Gasteiger partial charge in [-0.1, -0.05) is 12.2 Å². The van der Waals surface area contributed by atoms with Gasteiger partial charge in [0.05, 0.1) is 0 Å². The molecule has 1 aliphatic rings. The van der Waals surface area contributed by atoms with Crippen LogP contribution in [0.5, 0.6) is 0 Å². The molecular weight excluding hydrogens is 320 g/mol. The van der Waals surface area contributed by atoms with E-state index in [0.29, 0.717) is 6.54 Å². The summed E-state index contributed by atoms with van der Waals surface area (Å²) in [4.78, 5) is 45.0. The van der Waals surface area contributed by atoms with Crippen molar-refractivity contribution in [3.8, 4) is 0 Å². The molecule has 0 aromatic heterocycles. The molecular formula is C15H22N2O7. The van der Waals surface area contributed by atoms with Gasteiger partial charge in [-0.25, -0.2) is 4.79 Å². The first-order valence-corrected chi connectivity index (χ1v) is 7.49. The van der Waals surface area contributed by atoms with Gasteiger partial charge in [-0.05, 0) is 19.3 Å². The molecule has 0 aliphatic carbocycles. The lowest BCUT2D eigenvalue weighted by molar-refractivity contribution is -0.144. The predicted octanol–water partition coefficient (Wildman–Crippen LogP) is -0.324. The maximum Gasteiger partial charge on any atom is 0.326 e. The van der Waals surface area contributed by atoms with Crippen LogP contribution in [0.2, 0.25) is 0 Å². The topological polar surface area (TPSA) is 153 Å². The highest BCUT2D eigenvalue weighted by molar-refractivity contribution is 5.85. The summed E-state index contributed by atoms with van der Waals surface area (Å²) < 4.78 is 0. The van der Waals surface area contributed by atoms with Crippen LogP contribution in [0.15, 0.2) is 12.2 Å². The number of carboxylic acid groups (broad SMARTS) is 3. The van der Waals surface area contributed by atoms with Gasteiger partial charge in [0.1, 0.15) is 12.1 Å². The number of aliphatic carboxylic acids is 3. The minimum absolute atomic E-state index is 0.182. The summed E-state index contributed by atoms with van der Waals surface area (Å²) >= 11 is 0. The molecule has 9 heteroatoms. The average molecular weight is 342 g/mol. The van der Waals surface area contributed by atoms with Crippen LogP contribution in [0.4, 0.5) is 0 Å². The molecule has 5 N–H and O–H groups in total. The van der Waals surface area contributed by atoms with Crippen LogP contribution in [-0.4, -0.2) is 57.8 Å². The number of hydrogen-bond acceptors (Lipinski definition) is 5. The summed E-state index contributed by atoms with van der Waals surface area (Å²) in [5.74, 6) is -4.96. The van der Waals surface area contributed by atoms with Gasteiger partial charge in [0.2, 0.25) is 5.91 Å². The van der Waals surface area contributed by atoms with E-state index in [2.05, 4.69) is 17.2 Å². The van der Waals surface area contributed by atoms with Crippen molar-refractivity contribution in [2.45, 2.75) is 38.3 Å². The average Bonchev–Trinajstić information content (AvgIpc) is 2.86. The molecule has 4 atom stereocenters. The lowest BCUT2D eigenvalue weighted by Crippen LogP contribution is -2.44. The van der Waals surface area contributed by atoms with Crippen molar-refractivity contribution in [3.63, 3.8) is 0 Å². The zero-order chi connectivity index (χ0) is 18.4. The molecule has 1 heterocycles. The quantitative estimate of drug-likeness (QED) is 0.357. The van der Waals surface area contributed by atoms with Gasteiger partial charge in [-0.3, -0.25) is 14.4 Å². The molecule has 9 nitrogen and oxygen atoms in total. The summed E-state index contributed by atoms with van der Waals surface area (Å²) in [6.07, 6.45) is -0.821. The first kappa shape index (κ1) is 19.6. The third-order valence-corrected chi connectivity index (χ3v) is 4.10. The van der Waals surface area contributed by atoms with Crippen LogP contribution >= 0.6 is 0 Å². The first-order chi connectivity index (χ1) is 11.1. The Morgan fingerprint density at radius 1 is 1.25 bits per heavy atom. The number of rotatable bonds is 9. The SMILES string of the molecule is C=C(C)[C@H]1CN[C@H](C(=O)O)[C@H]1CC(=O)N[C@@H](CCC(=O)O)C(=O)O. The molecule has 0 spiro atoms. The molecule has 0 radical (unpaired) electrons. The molecule has 0 aromatic rings. The summed E-state index contributed by atoms with van der Waals surface area (Å²) in [6.45, 7) is 5.93. The fraction of sp³-hybridized carbons (Fsp3) is 0.600. The molecule has 1 saturated heterocycles. The van der Waals surface area contributed by atoms with Gasteiger partial charge in [0.25, 0.3) is 0 Å². The molecule has 1 amide bonds. The van der Waals surface area contributed by atoms with Crippen molar-refractivity contribution in [3.05, 3.63) is 12.2 Å². The van der Waals surface area contributed by atoms with Gasteiger partial charge in [-0.2, -0.15) is 0 Å². The van der Waals surface area contributed by atoms with E-state index in [9.17, 15) is 24.3 Å². The Balaban J connectivity index is 2.74. The van der Waals surface area contributed by atoms with Crippen LogP contribution in [0.1, 0.15) is 26.2 Å². The molecule has 1 aliphatic heterocycles. The van der Waals surface area contributed by atoms with Gasteiger partial charge in [0.15, 0.2) is 0 Å². The van der Waals surface area contributed by atoms with E-state index in [1.54, 1.807) is 6.92 Å². The van der Waals surface area contributed by atoms with Crippen molar-refractivity contribution in [1.82, 2.24) is 10.6 Å². The molecule has 1 fully saturated rings. The molecule has 1 rings (SSSR count). The predicted molar refractivity (Wildman–Crippen MR) is 82.3 cm³/mol. The minimum atomic E-state index is -1.33. The zero-order valence-electron chi connectivity index (χ0n) is 13.3. The second-order valence-corrected chi connectivity index (χ2v) is 5.94. The Morgan fingerprint density at radius 3 is 2.33 bits per heavy atom. The van der Waals surface area contributed by atoms with Gasteiger partial charge >= 0.3 is 17.9 Å². The highest BCUT2D eigenvalue weighted by Gasteiger charge is 2.41. The van der Waals surface area contributed by atoms with Gasteiger partial charge in [-0.15, -0.1) is 0 Å². The summed E-state index contributed by atoms with van der Waals surface area (Å²) in [5, 5.41) is 32.0. The molecule has 0 unspecified atom stereocenters. The van der Waals surface area contributed by atoms with Crippen LogP contribution in [-0.2, 0) is 19.2 Å². The Hall–Kier alpha value is -2.42. The lowest BCUT2D eigenvalue weighted by atomic mass is 9.83. The molecule has 134 valence electrons. The molecule has 0 saturated carbocycles. The highest BCUT2D eigenvalue weighted by Crippen LogP contribution is 2.30. The van der Waals surface area contributed by atoms with Crippen LogP contribution in [0.25, 0.3) is 0 Å². The number of hydrogen-bond donors (Lipinski definition) is 5. The summed E-state index contributed by atoms with van der Waals surface area (Å²) in [5.41, 5.74) is 0.740. The standard InChI is InChI=1S/C15H22N2O7/c1-7(2)9-6-16-13(15(23)24)8(9)5-11(18)17-10(14(21)22)3-4-12(19)20/h8-10,13,16H,1,3-6H2,2H3,(H,17,18)(H,19,20)(H,21,22)(H,23,24)/t8-,9+,10-,13-/m0/s1. The van der Waals surface area contributed by atoms with Gasteiger partial charge < -0.3 is 26.0 Å². The number of carbonyl (C=O) groups is 4.